The van der Waals surface area contributed by atoms with Crippen LogP contribution in [0.15, 0.2) is 51.5 Å². The van der Waals surface area contributed by atoms with Gasteiger partial charge in [0, 0.05) is 25.8 Å². The van der Waals surface area contributed by atoms with Crippen LogP contribution < -0.4 is 4.90 Å². The number of nitrogens with zero attached hydrogens (tertiary/aromatic N) is 8. The predicted octanol–water partition coefficient (Wildman–Crippen LogP) is 4.14. The quantitative estimate of drug-likeness (QED) is 0.377. The molecule has 1 amide bonds. The van der Waals surface area contributed by atoms with Crippen LogP contribution in [0.25, 0.3) is 11.6 Å². The van der Waals surface area contributed by atoms with Crippen LogP contribution in [0.3, 0.4) is 0 Å². The third-order valence-electron chi connectivity index (χ3n) is 5.32. The fourth-order valence-corrected chi connectivity index (χ4v) is 3.44. The maximum Gasteiger partial charge on any atom is 0.392 e. The van der Waals surface area contributed by atoms with Crippen molar-refractivity contribution in [2.45, 2.75) is 25.4 Å². The molecule has 0 spiro atoms. The highest BCUT2D eigenvalue weighted by molar-refractivity contribution is 5.90. The van der Waals surface area contributed by atoms with E-state index in [1.165, 1.54) is 11.0 Å². The van der Waals surface area contributed by atoms with Gasteiger partial charge in [-0.15, -0.1) is 0 Å². The van der Waals surface area contributed by atoms with Crippen molar-refractivity contribution < 1.29 is 22.5 Å². The lowest BCUT2D eigenvalue weighted by Crippen LogP contribution is -2.36. The molecule has 13 heteroatoms. The van der Waals surface area contributed by atoms with E-state index in [4.69, 9.17) is 4.52 Å². The second-order valence-electron chi connectivity index (χ2n) is 7.71. The minimum absolute atomic E-state index is 0.0360. The number of anilines is 2. The van der Waals surface area contributed by atoms with Crippen molar-refractivity contribution in [3.05, 3.63) is 47.9 Å². The molecule has 4 rings (SSSR count). The molecule has 1 aliphatic heterocycles. The highest BCUT2D eigenvalue weighted by atomic mass is 19.4. The lowest BCUT2D eigenvalue weighted by Gasteiger charge is -2.27. The molecule has 1 fully saturated rings. The number of likely N-dealkylation sites (tertiary alicyclic amines) is 1. The number of halogens is 3. The van der Waals surface area contributed by atoms with Gasteiger partial charge in [-0.25, -0.2) is 4.99 Å². The number of carbonyl (C=O) groups is 1. The lowest BCUT2D eigenvalue weighted by molar-refractivity contribution is -0.125. The zero-order valence-corrected chi connectivity index (χ0v) is 18.7. The van der Waals surface area contributed by atoms with E-state index in [1.54, 1.807) is 11.9 Å². The lowest BCUT2D eigenvalue weighted by atomic mass is 10.0. The summed E-state index contributed by atoms with van der Waals surface area (Å²) in [5.74, 6) is -0.481. The van der Waals surface area contributed by atoms with Gasteiger partial charge < -0.3 is 14.3 Å². The standard InChI is InChI=1S/C22H21F3N8O2/c1-26-20-28-16(29-21(30-20)32(2)15-6-4-3-5-7-15)17-27-18(35-31-17)19(34)33-12-9-14(10-13-33)8-11-22(23,24)25/h3-8H,1,9-13H2,2H3. The summed E-state index contributed by atoms with van der Waals surface area (Å²) in [7, 11) is 1.76. The van der Waals surface area contributed by atoms with Crippen molar-refractivity contribution in [3.63, 3.8) is 0 Å². The van der Waals surface area contributed by atoms with Crippen LogP contribution >= 0.6 is 0 Å². The Balaban J connectivity index is 1.49. The fourth-order valence-electron chi connectivity index (χ4n) is 3.44. The maximum absolute atomic E-state index is 12.8. The Kier molecular flexibility index (Phi) is 6.85. The number of benzene rings is 1. The Bertz CT molecular complexity index is 1230. The average molecular weight is 486 g/mol. The van der Waals surface area contributed by atoms with E-state index < -0.39 is 18.5 Å². The number of allylic oxidation sites excluding steroid dienone is 1. The monoisotopic (exact) mass is 486 g/mol. The zero-order valence-electron chi connectivity index (χ0n) is 18.7. The SMILES string of the molecule is C=Nc1nc(-c2noc(C(=O)N3CCC(=CCC(F)(F)F)CC3)n2)nc(N(C)c2ccccc2)n1. The summed E-state index contributed by atoms with van der Waals surface area (Å²) < 4.78 is 42.4. The number of aliphatic imine (C=N–C) groups is 1. The summed E-state index contributed by atoms with van der Waals surface area (Å²) in [6.07, 6.45) is -3.34. The molecule has 0 bridgehead atoms. The van der Waals surface area contributed by atoms with Crippen LogP contribution in [-0.4, -0.2) is 68.9 Å². The number of hydrogen-bond donors (Lipinski definition) is 0. The van der Waals surface area contributed by atoms with Crippen molar-refractivity contribution in [3.8, 4) is 11.6 Å². The summed E-state index contributed by atoms with van der Waals surface area (Å²) >= 11 is 0. The van der Waals surface area contributed by atoms with Crippen molar-refractivity contribution in [2.24, 2.45) is 4.99 Å². The van der Waals surface area contributed by atoms with E-state index in [9.17, 15) is 18.0 Å². The number of hydrogen-bond acceptors (Lipinski definition) is 9. The van der Waals surface area contributed by atoms with Gasteiger partial charge in [0.05, 0.1) is 6.42 Å². The Morgan fingerprint density at radius 3 is 2.51 bits per heavy atom. The topological polar surface area (TPSA) is 113 Å². The summed E-state index contributed by atoms with van der Waals surface area (Å²) in [6.45, 7) is 3.96. The minimum atomic E-state index is -4.24. The Morgan fingerprint density at radius 1 is 1.14 bits per heavy atom. The summed E-state index contributed by atoms with van der Waals surface area (Å²) in [5.41, 5.74) is 1.49. The Hall–Kier alpha value is -4.16. The molecular weight excluding hydrogens is 465 g/mol. The number of rotatable bonds is 6. The van der Waals surface area contributed by atoms with Gasteiger partial charge in [-0.2, -0.15) is 33.1 Å². The van der Waals surface area contributed by atoms with Crippen molar-refractivity contribution >= 4 is 30.2 Å². The number of amides is 1. The van der Waals surface area contributed by atoms with Crippen molar-refractivity contribution in [1.29, 1.82) is 0 Å². The van der Waals surface area contributed by atoms with Gasteiger partial charge in [0.25, 0.3) is 5.95 Å². The molecule has 1 saturated heterocycles. The molecule has 0 unspecified atom stereocenters. The third kappa shape index (κ3) is 5.86. The van der Waals surface area contributed by atoms with E-state index in [2.05, 4.69) is 36.8 Å². The smallest absolute Gasteiger partial charge is 0.334 e. The molecule has 3 aromatic rings. The van der Waals surface area contributed by atoms with Gasteiger partial charge >= 0.3 is 18.0 Å². The molecule has 10 nitrogen and oxygen atoms in total. The molecule has 1 aliphatic rings. The third-order valence-corrected chi connectivity index (χ3v) is 5.32. The minimum Gasteiger partial charge on any atom is -0.334 e. The maximum atomic E-state index is 12.8. The first-order valence-electron chi connectivity index (χ1n) is 10.6. The Morgan fingerprint density at radius 2 is 1.86 bits per heavy atom. The highest BCUT2D eigenvalue weighted by Crippen LogP contribution is 2.26. The highest BCUT2D eigenvalue weighted by Gasteiger charge is 2.28. The molecule has 0 saturated carbocycles. The second-order valence-corrected chi connectivity index (χ2v) is 7.71. The molecule has 0 N–H and O–H groups in total. The number of aromatic nitrogens is 5. The van der Waals surface area contributed by atoms with Gasteiger partial charge in [0.2, 0.25) is 17.6 Å². The predicted molar refractivity (Wildman–Crippen MR) is 121 cm³/mol. The number of para-hydroxylation sites is 1. The van der Waals surface area contributed by atoms with E-state index in [0.717, 1.165) is 5.69 Å². The zero-order chi connectivity index (χ0) is 25.0. The Labute approximate surface area is 198 Å². The largest absolute Gasteiger partial charge is 0.392 e. The summed E-state index contributed by atoms with van der Waals surface area (Å²) in [4.78, 5) is 36.6. The van der Waals surface area contributed by atoms with Gasteiger partial charge in [-0.05, 0) is 31.7 Å². The number of carbonyl (C=O) groups excluding carboxylic acids is 1. The van der Waals surface area contributed by atoms with Crippen LogP contribution in [-0.2, 0) is 0 Å². The van der Waals surface area contributed by atoms with E-state index >= 15 is 0 Å². The molecule has 1 aromatic carbocycles. The van der Waals surface area contributed by atoms with Crippen LogP contribution in [0.1, 0.15) is 29.9 Å². The van der Waals surface area contributed by atoms with Crippen LogP contribution in [0.2, 0.25) is 0 Å². The van der Waals surface area contributed by atoms with E-state index in [-0.39, 0.29) is 42.5 Å². The summed E-state index contributed by atoms with van der Waals surface area (Å²) in [5, 5.41) is 3.82. The molecule has 0 atom stereocenters. The van der Waals surface area contributed by atoms with Crippen molar-refractivity contribution in [1.82, 2.24) is 30.0 Å². The molecular formula is C22H21F3N8O2. The fraction of sp³-hybridized carbons (Fsp3) is 0.318. The van der Waals surface area contributed by atoms with E-state index in [0.29, 0.717) is 18.4 Å². The second kappa shape index (κ2) is 9.99. The molecule has 0 aliphatic carbocycles. The van der Waals surface area contributed by atoms with Gasteiger partial charge in [-0.3, -0.25) is 4.79 Å². The number of piperidine rings is 1. The molecule has 0 radical (unpaired) electrons. The van der Waals surface area contributed by atoms with Gasteiger partial charge in [0.1, 0.15) is 0 Å². The first kappa shape index (κ1) is 24.0. The van der Waals surface area contributed by atoms with Crippen LogP contribution in [0.4, 0.5) is 30.8 Å². The van der Waals surface area contributed by atoms with Gasteiger partial charge in [-0.1, -0.05) is 35.0 Å². The first-order chi connectivity index (χ1) is 16.7. The number of alkyl halides is 3. The van der Waals surface area contributed by atoms with Gasteiger partial charge in [0.15, 0.2) is 0 Å². The van der Waals surface area contributed by atoms with Crippen LogP contribution in [0.5, 0.6) is 0 Å². The molecule has 3 heterocycles. The molecule has 2 aromatic heterocycles. The van der Waals surface area contributed by atoms with Crippen molar-refractivity contribution in [2.75, 3.05) is 25.0 Å². The summed E-state index contributed by atoms with van der Waals surface area (Å²) in [6, 6.07) is 9.36. The average Bonchev–Trinajstić information content (AvgIpc) is 3.37. The molecule has 182 valence electrons. The van der Waals surface area contributed by atoms with Crippen LogP contribution in [0, 0.1) is 0 Å². The normalized spacial score (nSPS) is 14.1. The molecule has 35 heavy (non-hydrogen) atoms. The van der Waals surface area contributed by atoms with E-state index in [1.807, 2.05) is 30.3 Å². The first-order valence-corrected chi connectivity index (χ1v) is 10.6.